The SMILES string of the molecule is Cc1cc2c(-c3ccc(S(=O)(=O)N(C)C4CCS(O)(O)CC4)nc3)ccnc2[nH]1. The van der Waals surface area contributed by atoms with Crippen molar-refractivity contribution in [3.05, 3.63) is 42.4 Å². The number of fused-ring (bicyclic) bond motifs is 1. The lowest BCUT2D eigenvalue weighted by atomic mass is 10.1. The minimum atomic E-state index is -3.76. The number of aryl methyl sites for hydroxylation is 1. The van der Waals surface area contributed by atoms with Crippen LogP contribution in [0.5, 0.6) is 0 Å². The molecule has 0 bridgehead atoms. The molecule has 0 atom stereocenters. The highest BCUT2D eigenvalue weighted by Gasteiger charge is 2.33. The zero-order chi connectivity index (χ0) is 20.8. The Kier molecular flexibility index (Phi) is 5.16. The Balaban J connectivity index is 1.60. The molecule has 8 nitrogen and oxygen atoms in total. The Morgan fingerprint density at radius 1 is 1.17 bits per heavy atom. The Labute approximate surface area is 171 Å². The molecule has 29 heavy (non-hydrogen) atoms. The maximum Gasteiger partial charge on any atom is 0.260 e. The van der Waals surface area contributed by atoms with Crippen LogP contribution in [0.2, 0.25) is 0 Å². The number of pyridine rings is 2. The fourth-order valence-electron chi connectivity index (χ4n) is 3.71. The van der Waals surface area contributed by atoms with Gasteiger partial charge in [0.2, 0.25) is 0 Å². The van der Waals surface area contributed by atoms with Gasteiger partial charge in [-0.1, -0.05) is 0 Å². The largest absolute Gasteiger partial charge is 0.344 e. The third-order valence-corrected chi connectivity index (χ3v) is 9.03. The fraction of sp³-hybridized carbons (Fsp3) is 0.368. The normalized spacial score (nSPS) is 18.9. The number of hydrogen-bond donors (Lipinski definition) is 3. The number of aromatic nitrogens is 3. The molecule has 156 valence electrons. The highest BCUT2D eigenvalue weighted by atomic mass is 32.3. The second-order valence-corrected chi connectivity index (χ2v) is 11.8. The van der Waals surface area contributed by atoms with E-state index in [0.29, 0.717) is 12.8 Å². The molecule has 3 aromatic rings. The van der Waals surface area contributed by atoms with Crippen LogP contribution in [-0.4, -0.2) is 61.4 Å². The Morgan fingerprint density at radius 3 is 2.55 bits per heavy atom. The van der Waals surface area contributed by atoms with Crippen molar-refractivity contribution in [1.82, 2.24) is 19.3 Å². The van der Waals surface area contributed by atoms with Gasteiger partial charge in [0.15, 0.2) is 5.03 Å². The van der Waals surface area contributed by atoms with Gasteiger partial charge in [-0.05, 0) is 49.6 Å². The number of rotatable bonds is 4. The van der Waals surface area contributed by atoms with Crippen molar-refractivity contribution in [2.24, 2.45) is 0 Å². The maximum atomic E-state index is 13.0. The minimum Gasteiger partial charge on any atom is -0.344 e. The van der Waals surface area contributed by atoms with Gasteiger partial charge in [-0.3, -0.25) is 9.11 Å². The van der Waals surface area contributed by atoms with Crippen LogP contribution in [0.1, 0.15) is 18.5 Å². The minimum absolute atomic E-state index is 0.0171. The van der Waals surface area contributed by atoms with Crippen LogP contribution in [0.25, 0.3) is 22.2 Å². The average molecular weight is 437 g/mol. The predicted molar refractivity (Wildman–Crippen MR) is 115 cm³/mol. The standard InChI is InChI=1S/C19H24N4O4S2/c1-13-11-17-16(5-8-20-19(17)22-13)14-3-4-18(21-12-14)29(26,27)23(2)15-6-9-28(24,25)10-7-15/h3-5,8,11-12,15,24-25H,6-7,9-10H2,1-2H3,(H,20,22). The third kappa shape index (κ3) is 3.90. The van der Waals surface area contributed by atoms with Crippen LogP contribution >= 0.6 is 10.6 Å². The van der Waals surface area contributed by atoms with Crippen LogP contribution in [-0.2, 0) is 10.0 Å². The van der Waals surface area contributed by atoms with Crippen molar-refractivity contribution in [2.45, 2.75) is 30.8 Å². The Hall–Kier alpha value is -1.98. The lowest BCUT2D eigenvalue weighted by molar-refractivity contribution is 0.331. The summed E-state index contributed by atoms with van der Waals surface area (Å²) in [6, 6.07) is 6.90. The molecule has 0 spiro atoms. The van der Waals surface area contributed by atoms with Gasteiger partial charge in [-0.25, -0.2) is 18.4 Å². The van der Waals surface area contributed by atoms with E-state index in [4.69, 9.17) is 0 Å². The monoisotopic (exact) mass is 436 g/mol. The summed E-state index contributed by atoms with van der Waals surface area (Å²) in [6.07, 6.45) is 4.13. The van der Waals surface area contributed by atoms with E-state index < -0.39 is 20.6 Å². The number of nitrogens with one attached hydrogen (secondary N) is 1. The first-order valence-electron chi connectivity index (χ1n) is 9.30. The third-order valence-electron chi connectivity index (χ3n) is 5.43. The van der Waals surface area contributed by atoms with E-state index in [9.17, 15) is 17.5 Å². The fourth-order valence-corrected chi connectivity index (χ4v) is 6.53. The molecule has 1 saturated heterocycles. The van der Waals surface area contributed by atoms with Crippen molar-refractivity contribution >= 4 is 31.6 Å². The zero-order valence-corrected chi connectivity index (χ0v) is 17.9. The van der Waals surface area contributed by atoms with Gasteiger partial charge >= 0.3 is 0 Å². The smallest absolute Gasteiger partial charge is 0.260 e. The topological polar surface area (TPSA) is 119 Å². The van der Waals surface area contributed by atoms with E-state index in [2.05, 4.69) is 15.0 Å². The first-order valence-corrected chi connectivity index (χ1v) is 12.6. The average Bonchev–Trinajstić information content (AvgIpc) is 3.07. The number of hydrogen-bond acceptors (Lipinski definition) is 6. The van der Waals surface area contributed by atoms with Crippen molar-refractivity contribution in [3.8, 4) is 11.1 Å². The summed E-state index contributed by atoms with van der Waals surface area (Å²) >= 11 is 0. The molecule has 0 saturated carbocycles. The summed E-state index contributed by atoms with van der Waals surface area (Å²) in [6.45, 7) is 1.96. The van der Waals surface area contributed by atoms with Gasteiger partial charge in [-0.15, -0.1) is 0 Å². The molecule has 4 rings (SSSR count). The first kappa shape index (κ1) is 20.3. The summed E-state index contributed by atoms with van der Waals surface area (Å²) < 4.78 is 46.8. The number of nitrogens with zero attached hydrogens (tertiary/aromatic N) is 3. The molecule has 3 N–H and O–H groups in total. The molecular weight excluding hydrogens is 412 g/mol. The van der Waals surface area contributed by atoms with Crippen molar-refractivity contribution in [1.29, 1.82) is 0 Å². The van der Waals surface area contributed by atoms with E-state index in [1.807, 2.05) is 19.1 Å². The molecule has 0 unspecified atom stereocenters. The molecular formula is C19H24N4O4S2. The Bertz CT molecular complexity index is 1130. The van der Waals surface area contributed by atoms with Crippen LogP contribution in [0, 0.1) is 6.92 Å². The molecule has 0 aromatic carbocycles. The van der Waals surface area contributed by atoms with Gasteiger partial charge in [-0.2, -0.15) is 14.9 Å². The molecule has 0 radical (unpaired) electrons. The van der Waals surface area contributed by atoms with Gasteiger partial charge in [0.25, 0.3) is 10.0 Å². The number of H-pyrrole nitrogens is 1. The first-order chi connectivity index (χ1) is 13.7. The summed E-state index contributed by atoms with van der Waals surface area (Å²) in [7, 11) is -4.79. The van der Waals surface area contributed by atoms with Crippen LogP contribution in [0.15, 0.2) is 41.7 Å². The number of aromatic amines is 1. The second-order valence-electron chi connectivity index (χ2n) is 7.42. The van der Waals surface area contributed by atoms with Gasteiger partial charge in [0.05, 0.1) is 0 Å². The summed E-state index contributed by atoms with van der Waals surface area (Å²) in [5, 5.41) is 0.942. The second kappa shape index (κ2) is 7.37. The molecule has 10 heteroatoms. The van der Waals surface area contributed by atoms with Gasteiger partial charge < -0.3 is 4.98 Å². The van der Waals surface area contributed by atoms with Crippen molar-refractivity contribution in [3.63, 3.8) is 0 Å². The molecule has 1 aliphatic rings. The van der Waals surface area contributed by atoms with E-state index in [-0.39, 0.29) is 22.6 Å². The van der Waals surface area contributed by atoms with Crippen molar-refractivity contribution in [2.75, 3.05) is 18.6 Å². The molecule has 4 heterocycles. The van der Waals surface area contributed by atoms with E-state index >= 15 is 0 Å². The van der Waals surface area contributed by atoms with Crippen molar-refractivity contribution < 1.29 is 17.5 Å². The lowest BCUT2D eigenvalue weighted by Gasteiger charge is -2.41. The molecule has 3 aromatic heterocycles. The predicted octanol–water partition coefficient (Wildman–Crippen LogP) is 3.47. The van der Waals surface area contributed by atoms with Crippen LogP contribution < -0.4 is 0 Å². The summed E-state index contributed by atoms with van der Waals surface area (Å²) in [5.41, 5.74) is 3.52. The molecule has 0 amide bonds. The molecule has 0 aliphatic carbocycles. The highest BCUT2D eigenvalue weighted by molar-refractivity contribution is 8.24. The Morgan fingerprint density at radius 2 is 1.90 bits per heavy atom. The van der Waals surface area contributed by atoms with Gasteiger partial charge in [0.1, 0.15) is 5.65 Å². The lowest BCUT2D eigenvalue weighted by Crippen LogP contribution is -2.41. The summed E-state index contributed by atoms with van der Waals surface area (Å²) in [5.74, 6) is 0.468. The highest BCUT2D eigenvalue weighted by Crippen LogP contribution is 2.45. The van der Waals surface area contributed by atoms with E-state index in [1.165, 1.54) is 17.4 Å². The van der Waals surface area contributed by atoms with E-state index in [0.717, 1.165) is 27.9 Å². The summed E-state index contributed by atoms with van der Waals surface area (Å²) in [4.78, 5) is 11.7. The maximum absolute atomic E-state index is 13.0. The van der Waals surface area contributed by atoms with E-state index in [1.54, 1.807) is 18.5 Å². The quantitative estimate of drug-likeness (QED) is 0.576. The molecule has 1 fully saturated rings. The molecule has 1 aliphatic heterocycles. The zero-order valence-electron chi connectivity index (χ0n) is 16.2. The van der Waals surface area contributed by atoms with Crippen LogP contribution in [0.3, 0.4) is 0 Å². The van der Waals surface area contributed by atoms with Gasteiger partial charge in [0, 0.05) is 53.6 Å². The van der Waals surface area contributed by atoms with Crippen LogP contribution in [0.4, 0.5) is 0 Å². The number of sulfonamides is 1.